The van der Waals surface area contributed by atoms with Crippen LogP contribution in [0, 0.1) is 0 Å². The van der Waals surface area contributed by atoms with Gasteiger partial charge >= 0.3 is 0 Å². The number of allylic oxidation sites excluding steroid dienone is 2. The van der Waals surface area contributed by atoms with Gasteiger partial charge in [0.15, 0.2) is 0 Å². The first-order valence-corrected chi connectivity index (χ1v) is 5.62. The smallest absolute Gasteiger partial charge is 0.0355 e. The number of hydrogen-bond acceptors (Lipinski definition) is 1. The molecule has 0 heterocycles. The van der Waals surface area contributed by atoms with Crippen molar-refractivity contribution in [3.63, 3.8) is 0 Å². The fraction of sp³-hybridized carbons (Fsp3) is 0.333. The molecule has 0 saturated heterocycles. The van der Waals surface area contributed by atoms with E-state index in [-0.39, 0.29) is 17.9 Å². The van der Waals surface area contributed by atoms with Crippen molar-refractivity contribution < 1.29 is 0 Å². The average Bonchev–Trinajstić information content (AvgIpc) is 2.19. The molecule has 0 unspecified atom stereocenters. The molecule has 2 N–H and O–H groups in total. The summed E-state index contributed by atoms with van der Waals surface area (Å²) in [5.41, 5.74) is 9.68. The fourth-order valence-corrected chi connectivity index (χ4v) is 1.97. The Bertz CT molecular complexity index is 388. The van der Waals surface area contributed by atoms with Crippen LogP contribution in [0.3, 0.4) is 0 Å². The Morgan fingerprint density at radius 2 is 1.76 bits per heavy atom. The van der Waals surface area contributed by atoms with Crippen molar-refractivity contribution in [3.05, 3.63) is 60.2 Å². The minimum Gasteiger partial charge on any atom is -0.322 e. The molecule has 1 aromatic rings. The molecule has 0 radical (unpaired) electrons. The molecule has 0 bridgehead atoms. The van der Waals surface area contributed by atoms with Gasteiger partial charge in [0.2, 0.25) is 0 Å². The summed E-state index contributed by atoms with van der Waals surface area (Å²) in [6, 6.07) is 6.30. The van der Waals surface area contributed by atoms with E-state index < -0.39 is 0 Å². The number of halogens is 1. The lowest BCUT2D eigenvalue weighted by molar-refractivity contribution is 0.548. The maximum absolute atomic E-state index is 6.19. The van der Waals surface area contributed by atoms with Crippen LogP contribution in [0.1, 0.15) is 30.5 Å². The molecule has 17 heavy (non-hydrogen) atoms. The molecule has 0 atom stereocenters. The molecule has 1 rings (SSSR count). The third-order valence-corrected chi connectivity index (χ3v) is 2.68. The topological polar surface area (TPSA) is 26.0 Å². The Morgan fingerprint density at radius 3 is 2.24 bits per heavy atom. The fourth-order valence-electron chi connectivity index (χ4n) is 1.97. The van der Waals surface area contributed by atoms with Crippen LogP contribution < -0.4 is 5.73 Å². The first-order valence-electron chi connectivity index (χ1n) is 5.62. The highest BCUT2D eigenvalue weighted by molar-refractivity contribution is 5.85. The monoisotopic (exact) mass is 251 g/mol. The van der Waals surface area contributed by atoms with Crippen LogP contribution in [0.5, 0.6) is 0 Å². The average molecular weight is 252 g/mol. The van der Waals surface area contributed by atoms with Gasteiger partial charge in [-0.15, -0.1) is 25.6 Å². The van der Waals surface area contributed by atoms with Crippen molar-refractivity contribution in [2.24, 2.45) is 5.73 Å². The van der Waals surface area contributed by atoms with E-state index in [2.05, 4.69) is 31.4 Å². The Kier molecular flexibility index (Phi) is 6.22. The second-order valence-electron chi connectivity index (χ2n) is 4.65. The molecule has 0 fully saturated rings. The summed E-state index contributed by atoms with van der Waals surface area (Å²) >= 11 is 0. The van der Waals surface area contributed by atoms with E-state index in [0.717, 1.165) is 12.8 Å². The quantitative estimate of drug-likeness (QED) is 0.793. The highest BCUT2D eigenvalue weighted by Crippen LogP contribution is 2.25. The zero-order chi connectivity index (χ0) is 12.2. The maximum Gasteiger partial charge on any atom is 0.0355 e. The molecular weight excluding hydrogens is 230 g/mol. The summed E-state index contributed by atoms with van der Waals surface area (Å²) in [7, 11) is 0. The molecule has 2 heteroatoms. The zero-order valence-corrected chi connectivity index (χ0v) is 11.5. The second kappa shape index (κ2) is 6.63. The predicted octanol–water partition coefficient (Wildman–Crippen LogP) is 3.76. The summed E-state index contributed by atoms with van der Waals surface area (Å²) in [6.45, 7) is 11.7. The van der Waals surface area contributed by atoms with Gasteiger partial charge in [0, 0.05) is 5.54 Å². The third kappa shape index (κ3) is 4.03. The first kappa shape index (κ1) is 16.0. The van der Waals surface area contributed by atoms with Gasteiger partial charge in [0.05, 0.1) is 0 Å². The van der Waals surface area contributed by atoms with Crippen LogP contribution in [0.4, 0.5) is 0 Å². The summed E-state index contributed by atoms with van der Waals surface area (Å²) in [4.78, 5) is 0. The molecular formula is C15H22ClN. The summed E-state index contributed by atoms with van der Waals surface area (Å²) in [5.74, 6) is 0. The van der Waals surface area contributed by atoms with Crippen molar-refractivity contribution in [2.45, 2.75) is 32.2 Å². The van der Waals surface area contributed by atoms with Crippen molar-refractivity contribution >= 4 is 12.4 Å². The Morgan fingerprint density at radius 1 is 1.18 bits per heavy atom. The van der Waals surface area contributed by atoms with Gasteiger partial charge in [0.25, 0.3) is 0 Å². The second-order valence-corrected chi connectivity index (χ2v) is 4.65. The summed E-state index contributed by atoms with van der Waals surface area (Å²) in [6.07, 6.45) is 5.60. The standard InChI is InChI=1S/C15H21N.ClH/c1-5-8-12-10-7-11-14(15(3,4)16)13(12)9-6-2;/h5-7,10-11H,1-2,8-9,16H2,3-4H3;1H. The van der Waals surface area contributed by atoms with E-state index in [9.17, 15) is 0 Å². The maximum atomic E-state index is 6.19. The lowest BCUT2D eigenvalue weighted by atomic mass is 9.86. The SMILES string of the molecule is C=CCc1cccc(C(C)(C)N)c1CC=C.Cl. The summed E-state index contributed by atoms with van der Waals surface area (Å²) in [5, 5.41) is 0. The molecule has 1 nitrogen and oxygen atoms in total. The Balaban J connectivity index is 0.00000256. The number of nitrogens with two attached hydrogens (primary N) is 1. The third-order valence-electron chi connectivity index (χ3n) is 2.68. The van der Waals surface area contributed by atoms with Crippen molar-refractivity contribution in [2.75, 3.05) is 0 Å². The van der Waals surface area contributed by atoms with Gasteiger partial charge < -0.3 is 5.73 Å². The van der Waals surface area contributed by atoms with Gasteiger partial charge in [-0.1, -0.05) is 30.4 Å². The van der Waals surface area contributed by atoms with Crippen LogP contribution in [0.15, 0.2) is 43.5 Å². The van der Waals surface area contributed by atoms with Crippen LogP contribution >= 0.6 is 12.4 Å². The lowest BCUT2D eigenvalue weighted by Gasteiger charge is -2.24. The van der Waals surface area contributed by atoms with Gasteiger partial charge in [-0.2, -0.15) is 0 Å². The van der Waals surface area contributed by atoms with E-state index >= 15 is 0 Å². The minimum atomic E-state index is -0.310. The number of hydrogen-bond donors (Lipinski definition) is 1. The van der Waals surface area contributed by atoms with Crippen LogP contribution in [0.25, 0.3) is 0 Å². The normalized spacial score (nSPS) is 10.5. The lowest BCUT2D eigenvalue weighted by Crippen LogP contribution is -2.30. The van der Waals surface area contributed by atoms with Crippen LogP contribution in [-0.2, 0) is 18.4 Å². The molecule has 1 aromatic carbocycles. The molecule has 0 amide bonds. The van der Waals surface area contributed by atoms with Crippen molar-refractivity contribution in [1.29, 1.82) is 0 Å². The van der Waals surface area contributed by atoms with Crippen molar-refractivity contribution in [1.82, 2.24) is 0 Å². The highest BCUT2D eigenvalue weighted by Gasteiger charge is 2.18. The van der Waals surface area contributed by atoms with E-state index in [0.29, 0.717) is 0 Å². The van der Waals surface area contributed by atoms with Gasteiger partial charge in [0.1, 0.15) is 0 Å². The Hall–Kier alpha value is -1.05. The van der Waals surface area contributed by atoms with Crippen LogP contribution in [-0.4, -0.2) is 0 Å². The van der Waals surface area contributed by atoms with Gasteiger partial charge in [-0.05, 0) is 43.4 Å². The van der Waals surface area contributed by atoms with Gasteiger partial charge in [-0.25, -0.2) is 0 Å². The molecule has 0 aromatic heterocycles. The molecule has 0 aliphatic heterocycles. The van der Waals surface area contributed by atoms with E-state index in [1.165, 1.54) is 16.7 Å². The molecule has 0 saturated carbocycles. The summed E-state index contributed by atoms with van der Waals surface area (Å²) < 4.78 is 0. The highest BCUT2D eigenvalue weighted by atomic mass is 35.5. The number of rotatable bonds is 5. The zero-order valence-electron chi connectivity index (χ0n) is 10.7. The van der Waals surface area contributed by atoms with Crippen LogP contribution in [0.2, 0.25) is 0 Å². The van der Waals surface area contributed by atoms with Gasteiger partial charge in [-0.3, -0.25) is 0 Å². The first-order chi connectivity index (χ1) is 7.50. The van der Waals surface area contributed by atoms with E-state index in [4.69, 9.17) is 5.73 Å². The van der Waals surface area contributed by atoms with Crippen molar-refractivity contribution in [3.8, 4) is 0 Å². The minimum absolute atomic E-state index is 0. The number of benzene rings is 1. The predicted molar refractivity (Wildman–Crippen MR) is 78.7 cm³/mol. The Labute approximate surface area is 111 Å². The van der Waals surface area contributed by atoms with E-state index in [1.54, 1.807) is 0 Å². The van der Waals surface area contributed by atoms with E-state index in [1.807, 2.05) is 26.0 Å². The molecule has 0 spiro atoms. The largest absolute Gasteiger partial charge is 0.322 e. The molecule has 0 aliphatic carbocycles. The molecule has 0 aliphatic rings. The molecule has 94 valence electrons.